The third-order valence-corrected chi connectivity index (χ3v) is 3.24. The Kier molecular flexibility index (Phi) is 4.58. The van der Waals surface area contributed by atoms with Crippen molar-refractivity contribution >= 4 is 0 Å². The summed E-state index contributed by atoms with van der Waals surface area (Å²) in [4.78, 5) is 0. The van der Waals surface area contributed by atoms with Crippen molar-refractivity contribution in [3.63, 3.8) is 0 Å². The number of ether oxygens (including phenoxy) is 1. The number of methoxy groups -OCH3 is 1. The number of rotatable bonds is 5. The maximum absolute atomic E-state index is 9.30. The molecule has 0 amide bonds. The average molecular weight is 251 g/mol. The van der Waals surface area contributed by atoms with E-state index < -0.39 is 0 Å². The van der Waals surface area contributed by atoms with Crippen molar-refractivity contribution in [2.75, 3.05) is 7.11 Å². The number of hydrogen-bond donors (Lipinski definition) is 0. The van der Waals surface area contributed by atoms with E-state index in [-0.39, 0.29) is 5.92 Å². The number of nitrogens with zero attached hydrogens (tertiary/aromatic N) is 1. The summed E-state index contributed by atoms with van der Waals surface area (Å²) in [6.07, 6.45) is 1.76. The minimum atomic E-state index is -0.0638. The molecule has 0 radical (unpaired) electrons. The zero-order valence-corrected chi connectivity index (χ0v) is 11.0. The summed E-state index contributed by atoms with van der Waals surface area (Å²) in [7, 11) is 1.65. The van der Waals surface area contributed by atoms with Gasteiger partial charge >= 0.3 is 0 Å². The Morgan fingerprint density at radius 3 is 2.32 bits per heavy atom. The molecule has 1 atom stereocenters. The van der Waals surface area contributed by atoms with Crippen LogP contribution in [0.2, 0.25) is 0 Å². The molecular weight excluding hydrogens is 234 g/mol. The van der Waals surface area contributed by atoms with Gasteiger partial charge in [-0.25, -0.2) is 0 Å². The average Bonchev–Trinajstić information content (AvgIpc) is 2.49. The SMILES string of the molecule is COc1ccc(C(C#N)CCc2ccccc2)cc1. The molecule has 0 fully saturated rings. The lowest BCUT2D eigenvalue weighted by atomic mass is 9.93. The highest BCUT2D eigenvalue weighted by Gasteiger charge is 2.10. The minimum absolute atomic E-state index is 0.0638. The highest BCUT2D eigenvalue weighted by molar-refractivity contribution is 5.32. The lowest BCUT2D eigenvalue weighted by molar-refractivity contribution is 0.414. The van der Waals surface area contributed by atoms with Gasteiger partial charge in [-0.3, -0.25) is 0 Å². The molecular formula is C17H17NO. The van der Waals surface area contributed by atoms with E-state index in [1.165, 1.54) is 5.56 Å². The fraction of sp³-hybridized carbons (Fsp3) is 0.235. The third-order valence-electron chi connectivity index (χ3n) is 3.24. The number of aryl methyl sites for hydroxylation is 1. The highest BCUT2D eigenvalue weighted by atomic mass is 16.5. The van der Waals surface area contributed by atoms with Crippen LogP contribution in [0, 0.1) is 11.3 Å². The van der Waals surface area contributed by atoms with Crippen LogP contribution in [0.15, 0.2) is 54.6 Å². The van der Waals surface area contributed by atoms with Gasteiger partial charge in [-0.2, -0.15) is 5.26 Å². The number of nitriles is 1. The lowest BCUT2D eigenvalue weighted by Gasteiger charge is -2.10. The van der Waals surface area contributed by atoms with E-state index in [1.807, 2.05) is 42.5 Å². The Morgan fingerprint density at radius 2 is 1.74 bits per heavy atom. The van der Waals surface area contributed by atoms with Gasteiger partial charge in [-0.15, -0.1) is 0 Å². The minimum Gasteiger partial charge on any atom is -0.497 e. The van der Waals surface area contributed by atoms with Crippen LogP contribution in [0.1, 0.15) is 23.5 Å². The van der Waals surface area contributed by atoms with E-state index >= 15 is 0 Å². The summed E-state index contributed by atoms with van der Waals surface area (Å²) in [5, 5.41) is 9.30. The predicted molar refractivity (Wildman–Crippen MR) is 76.1 cm³/mol. The van der Waals surface area contributed by atoms with E-state index in [2.05, 4.69) is 18.2 Å². The molecule has 2 aromatic carbocycles. The lowest BCUT2D eigenvalue weighted by Crippen LogP contribution is -1.98. The molecule has 0 aliphatic carbocycles. The van der Waals surface area contributed by atoms with Crippen LogP contribution in [-0.4, -0.2) is 7.11 Å². The maximum Gasteiger partial charge on any atom is 0.118 e. The van der Waals surface area contributed by atoms with Crippen molar-refractivity contribution in [2.45, 2.75) is 18.8 Å². The second kappa shape index (κ2) is 6.61. The van der Waals surface area contributed by atoms with Gasteiger partial charge in [-0.05, 0) is 36.1 Å². The second-order valence-electron chi connectivity index (χ2n) is 4.48. The normalized spacial score (nSPS) is 11.6. The first-order valence-corrected chi connectivity index (χ1v) is 6.41. The zero-order chi connectivity index (χ0) is 13.5. The van der Waals surface area contributed by atoms with Gasteiger partial charge < -0.3 is 4.74 Å². The van der Waals surface area contributed by atoms with Gasteiger partial charge in [0.05, 0.1) is 19.1 Å². The Labute approximate surface area is 114 Å². The molecule has 19 heavy (non-hydrogen) atoms. The summed E-state index contributed by atoms with van der Waals surface area (Å²) in [5.41, 5.74) is 2.33. The summed E-state index contributed by atoms with van der Waals surface area (Å²) in [6.45, 7) is 0. The summed E-state index contributed by atoms with van der Waals surface area (Å²) < 4.78 is 5.13. The van der Waals surface area contributed by atoms with E-state index in [4.69, 9.17) is 4.74 Å². The summed E-state index contributed by atoms with van der Waals surface area (Å²) in [6, 6.07) is 20.4. The molecule has 1 unspecified atom stereocenters. The standard InChI is InChI=1S/C17H17NO/c1-19-17-11-9-15(10-12-17)16(13-18)8-7-14-5-3-2-4-6-14/h2-6,9-12,16H,7-8H2,1H3. The van der Waals surface area contributed by atoms with Crippen LogP contribution in [0.4, 0.5) is 0 Å². The fourth-order valence-corrected chi connectivity index (χ4v) is 2.10. The number of benzene rings is 2. The van der Waals surface area contributed by atoms with E-state index in [0.29, 0.717) is 0 Å². The molecule has 0 aliphatic heterocycles. The van der Waals surface area contributed by atoms with Gasteiger partial charge in [0, 0.05) is 0 Å². The van der Waals surface area contributed by atoms with Gasteiger partial charge in [0.1, 0.15) is 5.75 Å². The zero-order valence-electron chi connectivity index (χ0n) is 11.0. The second-order valence-corrected chi connectivity index (χ2v) is 4.48. The largest absolute Gasteiger partial charge is 0.497 e. The van der Waals surface area contributed by atoms with Crippen molar-refractivity contribution in [3.05, 3.63) is 65.7 Å². The van der Waals surface area contributed by atoms with Crippen molar-refractivity contribution in [3.8, 4) is 11.8 Å². The third kappa shape index (κ3) is 3.59. The molecule has 0 spiro atoms. The van der Waals surface area contributed by atoms with Gasteiger partial charge in [-0.1, -0.05) is 42.5 Å². The first-order chi connectivity index (χ1) is 9.33. The molecule has 0 bridgehead atoms. The Hall–Kier alpha value is -2.27. The van der Waals surface area contributed by atoms with Crippen molar-refractivity contribution < 1.29 is 4.74 Å². The van der Waals surface area contributed by atoms with Crippen LogP contribution >= 0.6 is 0 Å². The topological polar surface area (TPSA) is 33.0 Å². The molecule has 0 heterocycles. The van der Waals surface area contributed by atoms with Crippen LogP contribution in [-0.2, 0) is 6.42 Å². The van der Waals surface area contributed by atoms with Crippen molar-refractivity contribution in [1.29, 1.82) is 5.26 Å². The smallest absolute Gasteiger partial charge is 0.118 e. The Bertz CT molecular complexity index is 540. The monoisotopic (exact) mass is 251 g/mol. The highest BCUT2D eigenvalue weighted by Crippen LogP contribution is 2.23. The van der Waals surface area contributed by atoms with Crippen LogP contribution in [0.25, 0.3) is 0 Å². The molecule has 2 aromatic rings. The molecule has 2 nitrogen and oxygen atoms in total. The maximum atomic E-state index is 9.30. The molecule has 96 valence electrons. The summed E-state index contributed by atoms with van der Waals surface area (Å²) >= 11 is 0. The fourth-order valence-electron chi connectivity index (χ4n) is 2.10. The predicted octanol–water partition coefficient (Wildman–Crippen LogP) is 3.94. The Morgan fingerprint density at radius 1 is 1.05 bits per heavy atom. The quantitative estimate of drug-likeness (QED) is 0.806. The van der Waals surface area contributed by atoms with Crippen LogP contribution in [0.5, 0.6) is 5.75 Å². The molecule has 0 saturated carbocycles. The van der Waals surface area contributed by atoms with Gasteiger partial charge in [0.15, 0.2) is 0 Å². The molecule has 0 aliphatic rings. The number of hydrogen-bond acceptors (Lipinski definition) is 2. The molecule has 0 saturated heterocycles. The first-order valence-electron chi connectivity index (χ1n) is 6.41. The van der Waals surface area contributed by atoms with Crippen molar-refractivity contribution in [1.82, 2.24) is 0 Å². The van der Waals surface area contributed by atoms with Crippen LogP contribution < -0.4 is 4.74 Å². The van der Waals surface area contributed by atoms with Crippen LogP contribution in [0.3, 0.4) is 0 Å². The van der Waals surface area contributed by atoms with E-state index in [9.17, 15) is 5.26 Å². The van der Waals surface area contributed by atoms with Crippen molar-refractivity contribution in [2.24, 2.45) is 0 Å². The molecule has 2 rings (SSSR count). The summed E-state index contributed by atoms with van der Waals surface area (Å²) in [5.74, 6) is 0.759. The Balaban J connectivity index is 2.02. The molecule has 0 N–H and O–H groups in total. The van der Waals surface area contributed by atoms with Gasteiger partial charge in [0.25, 0.3) is 0 Å². The molecule has 2 heteroatoms. The van der Waals surface area contributed by atoms with Gasteiger partial charge in [0.2, 0.25) is 0 Å². The molecule has 0 aromatic heterocycles. The first kappa shape index (κ1) is 13.2. The van der Waals surface area contributed by atoms with E-state index in [0.717, 1.165) is 24.2 Å². The van der Waals surface area contributed by atoms with E-state index in [1.54, 1.807) is 7.11 Å².